The molecule has 0 saturated carbocycles. The van der Waals surface area contributed by atoms with Gasteiger partial charge in [-0.1, -0.05) is 29.8 Å². The number of nitrogens with one attached hydrogen (secondary N) is 1. The van der Waals surface area contributed by atoms with Gasteiger partial charge in [-0.3, -0.25) is 14.7 Å². The lowest BCUT2D eigenvalue weighted by molar-refractivity contribution is 0.796. The Hall–Kier alpha value is -2.33. The van der Waals surface area contributed by atoms with Gasteiger partial charge in [-0.2, -0.15) is 0 Å². The van der Waals surface area contributed by atoms with Gasteiger partial charge in [-0.05, 0) is 36.8 Å². The largest absolute Gasteiger partial charge is 0.277 e. The third kappa shape index (κ3) is 1.85. The molecule has 0 atom stereocenters. The number of rotatable bonds is 1. The van der Waals surface area contributed by atoms with Gasteiger partial charge in [0.05, 0.1) is 16.5 Å². The van der Waals surface area contributed by atoms with Gasteiger partial charge >= 0.3 is 0 Å². The van der Waals surface area contributed by atoms with Crippen LogP contribution in [0.15, 0.2) is 52.1 Å². The molecule has 0 aliphatic heterocycles. The van der Waals surface area contributed by atoms with Crippen molar-refractivity contribution in [3.63, 3.8) is 0 Å². The van der Waals surface area contributed by atoms with Crippen LogP contribution in [0, 0.1) is 6.92 Å². The van der Waals surface area contributed by atoms with Gasteiger partial charge in [0.15, 0.2) is 0 Å². The Bertz CT molecular complexity index is 925. The maximum absolute atomic E-state index is 12.5. The van der Waals surface area contributed by atoms with Crippen LogP contribution in [-0.4, -0.2) is 9.78 Å². The molecule has 0 amide bonds. The topological polar surface area (TPSA) is 54.9 Å². The van der Waals surface area contributed by atoms with Crippen LogP contribution in [0.25, 0.3) is 16.5 Å². The van der Waals surface area contributed by atoms with Crippen molar-refractivity contribution in [1.29, 1.82) is 0 Å². The number of H-pyrrole nitrogens is 1. The van der Waals surface area contributed by atoms with Crippen LogP contribution >= 0.6 is 11.6 Å². The summed E-state index contributed by atoms with van der Waals surface area (Å²) in [5.74, 6) is 0. The first kappa shape index (κ1) is 12.7. The molecule has 1 heterocycles. The van der Waals surface area contributed by atoms with E-state index in [1.54, 1.807) is 49.4 Å². The molecule has 5 heteroatoms. The maximum atomic E-state index is 12.5. The third-order valence-electron chi connectivity index (χ3n) is 3.30. The second-order valence-electron chi connectivity index (χ2n) is 4.51. The lowest BCUT2D eigenvalue weighted by Crippen LogP contribution is -2.29. The normalized spacial score (nSPS) is 10.9. The molecule has 1 aromatic heterocycles. The predicted octanol–water partition coefficient (Wildman–Crippen LogP) is 2.64. The molecule has 20 heavy (non-hydrogen) atoms. The summed E-state index contributed by atoms with van der Waals surface area (Å²) in [4.78, 5) is 24.6. The number of aromatic nitrogens is 2. The summed E-state index contributed by atoms with van der Waals surface area (Å²) in [6.45, 7) is 1.80. The molecule has 0 bridgehead atoms. The van der Waals surface area contributed by atoms with E-state index in [1.165, 1.54) is 4.68 Å². The third-order valence-corrected chi connectivity index (χ3v) is 3.71. The zero-order valence-electron chi connectivity index (χ0n) is 10.7. The van der Waals surface area contributed by atoms with E-state index in [1.807, 2.05) is 0 Å². The number of halogens is 1. The Balaban J connectivity index is 2.44. The molecule has 1 N–H and O–H groups in total. The van der Waals surface area contributed by atoms with Crippen molar-refractivity contribution in [3.8, 4) is 5.69 Å². The van der Waals surface area contributed by atoms with E-state index >= 15 is 0 Å². The SMILES string of the molecule is Cc1c(Cl)cccc1-n1[nH]c(=O)c2ccccc2c1=O. The fourth-order valence-corrected chi connectivity index (χ4v) is 2.38. The van der Waals surface area contributed by atoms with Gasteiger partial charge in [-0.15, -0.1) is 0 Å². The average molecular weight is 287 g/mol. The van der Waals surface area contributed by atoms with Crippen molar-refractivity contribution in [2.24, 2.45) is 0 Å². The molecular weight excluding hydrogens is 276 g/mol. The van der Waals surface area contributed by atoms with Crippen LogP contribution in [0.4, 0.5) is 0 Å². The van der Waals surface area contributed by atoms with E-state index in [9.17, 15) is 9.59 Å². The van der Waals surface area contributed by atoms with Crippen LogP contribution in [0.1, 0.15) is 5.56 Å². The highest BCUT2D eigenvalue weighted by Gasteiger charge is 2.10. The van der Waals surface area contributed by atoms with Gasteiger partial charge < -0.3 is 0 Å². The van der Waals surface area contributed by atoms with Crippen molar-refractivity contribution in [3.05, 3.63) is 73.8 Å². The highest BCUT2D eigenvalue weighted by Crippen LogP contribution is 2.20. The van der Waals surface area contributed by atoms with E-state index in [-0.39, 0.29) is 11.1 Å². The summed E-state index contributed by atoms with van der Waals surface area (Å²) in [5, 5.41) is 3.91. The zero-order chi connectivity index (χ0) is 14.3. The van der Waals surface area contributed by atoms with E-state index in [4.69, 9.17) is 11.6 Å². The monoisotopic (exact) mass is 286 g/mol. The molecule has 100 valence electrons. The van der Waals surface area contributed by atoms with Crippen molar-refractivity contribution in [1.82, 2.24) is 9.78 Å². The molecule has 2 aromatic carbocycles. The van der Waals surface area contributed by atoms with Gasteiger partial charge in [0.2, 0.25) is 0 Å². The summed E-state index contributed by atoms with van der Waals surface area (Å²) in [6.07, 6.45) is 0. The molecule has 0 aliphatic rings. The fraction of sp³-hybridized carbons (Fsp3) is 0.0667. The molecule has 0 radical (unpaired) electrons. The van der Waals surface area contributed by atoms with Gasteiger partial charge in [0.1, 0.15) is 0 Å². The summed E-state index contributed by atoms with van der Waals surface area (Å²) in [7, 11) is 0. The molecular formula is C15H11ClN2O2. The van der Waals surface area contributed by atoms with E-state index in [0.717, 1.165) is 5.56 Å². The smallest absolute Gasteiger partial charge is 0.267 e. The van der Waals surface area contributed by atoms with Crippen molar-refractivity contribution in [2.75, 3.05) is 0 Å². The zero-order valence-corrected chi connectivity index (χ0v) is 11.4. The summed E-state index contributed by atoms with van der Waals surface area (Å²) in [6, 6.07) is 12.0. The van der Waals surface area contributed by atoms with Crippen molar-refractivity contribution < 1.29 is 0 Å². The van der Waals surface area contributed by atoms with Crippen LogP contribution in [-0.2, 0) is 0 Å². The van der Waals surface area contributed by atoms with Gasteiger partial charge in [0.25, 0.3) is 11.1 Å². The van der Waals surface area contributed by atoms with Crippen molar-refractivity contribution >= 4 is 22.4 Å². The van der Waals surface area contributed by atoms with Crippen molar-refractivity contribution in [2.45, 2.75) is 6.92 Å². The van der Waals surface area contributed by atoms with Crippen LogP contribution in [0.2, 0.25) is 5.02 Å². The lowest BCUT2D eigenvalue weighted by atomic mass is 10.2. The molecule has 3 aromatic rings. The van der Waals surface area contributed by atoms with E-state index in [2.05, 4.69) is 5.10 Å². The Morgan fingerprint density at radius 3 is 2.45 bits per heavy atom. The van der Waals surface area contributed by atoms with E-state index < -0.39 is 0 Å². The Morgan fingerprint density at radius 1 is 1.00 bits per heavy atom. The molecule has 0 spiro atoms. The number of hydrogen-bond acceptors (Lipinski definition) is 2. The minimum atomic E-state index is -0.306. The second kappa shape index (κ2) is 4.65. The quantitative estimate of drug-likeness (QED) is 0.748. The first-order valence-corrected chi connectivity index (χ1v) is 6.47. The highest BCUT2D eigenvalue weighted by molar-refractivity contribution is 6.31. The molecule has 0 fully saturated rings. The molecule has 4 nitrogen and oxygen atoms in total. The number of benzene rings is 2. The minimum Gasteiger partial charge on any atom is -0.267 e. The Kier molecular flexibility index (Phi) is 2.95. The number of hydrogen-bond donors (Lipinski definition) is 1. The summed E-state index contributed by atoms with van der Waals surface area (Å²) in [5.41, 5.74) is 0.734. The second-order valence-corrected chi connectivity index (χ2v) is 4.92. The maximum Gasteiger partial charge on any atom is 0.277 e. The summed E-state index contributed by atoms with van der Waals surface area (Å²) >= 11 is 6.07. The predicted molar refractivity (Wildman–Crippen MR) is 79.9 cm³/mol. The molecule has 0 saturated heterocycles. The lowest BCUT2D eigenvalue weighted by Gasteiger charge is -2.10. The first-order valence-electron chi connectivity index (χ1n) is 6.09. The Morgan fingerprint density at radius 2 is 1.70 bits per heavy atom. The number of fused-ring (bicyclic) bond motifs is 1. The molecule has 0 unspecified atom stereocenters. The number of nitrogens with zero attached hydrogens (tertiary/aromatic N) is 1. The van der Waals surface area contributed by atoms with Crippen LogP contribution in [0.5, 0.6) is 0 Å². The average Bonchev–Trinajstić information content (AvgIpc) is 2.46. The highest BCUT2D eigenvalue weighted by atomic mass is 35.5. The summed E-state index contributed by atoms with van der Waals surface area (Å²) < 4.78 is 1.24. The van der Waals surface area contributed by atoms with Gasteiger partial charge in [0, 0.05) is 5.02 Å². The van der Waals surface area contributed by atoms with Crippen LogP contribution < -0.4 is 11.1 Å². The minimum absolute atomic E-state index is 0.273. The van der Waals surface area contributed by atoms with E-state index in [0.29, 0.717) is 21.5 Å². The molecule has 0 aliphatic carbocycles. The standard InChI is InChI=1S/C15H11ClN2O2/c1-9-12(16)7-4-8-13(9)18-15(20)11-6-3-2-5-10(11)14(19)17-18/h2-8H,1H3,(H,17,19). The van der Waals surface area contributed by atoms with Crippen LogP contribution in [0.3, 0.4) is 0 Å². The first-order chi connectivity index (χ1) is 9.59. The number of aromatic amines is 1. The fourth-order valence-electron chi connectivity index (χ4n) is 2.21. The van der Waals surface area contributed by atoms with Gasteiger partial charge in [-0.25, -0.2) is 4.68 Å². The molecule has 3 rings (SSSR count). The Labute approximate surface area is 119 Å².